The van der Waals surface area contributed by atoms with Crippen LogP contribution in [0.5, 0.6) is 0 Å². The summed E-state index contributed by atoms with van der Waals surface area (Å²) in [5.74, 6) is 5.84. The van der Waals surface area contributed by atoms with E-state index in [1.807, 2.05) is 6.07 Å². The van der Waals surface area contributed by atoms with E-state index in [4.69, 9.17) is 0 Å². The Hall–Kier alpha value is -1.69. The third-order valence-corrected chi connectivity index (χ3v) is 3.47. The van der Waals surface area contributed by atoms with E-state index >= 15 is 0 Å². The van der Waals surface area contributed by atoms with E-state index in [9.17, 15) is 4.79 Å². The maximum absolute atomic E-state index is 11.3. The molecule has 0 aliphatic carbocycles. The third-order valence-electron chi connectivity index (χ3n) is 3.47. The van der Waals surface area contributed by atoms with Crippen molar-refractivity contribution in [2.75, 3.05) is 7.11 Å². The average Bonchev–Trinajstić information content (AvgIpc) is 2.97. The number of carbonyl (C=O) groups excluding carboxylic acids is 1. The molecule has 1 N–H and O–H groups in total. The summed E-state index contributed by atoms with van der Waals surface area (Å²) in [6.45, 7) is 2.25. The standard InChI is InChI=1S/C18H27NO2/c1-3-4-5-6-7-8-9-10-11-12-13-16-14-15-17(19-16)18(20)21-2/h14-15,19H,3-11H2,1-2H3. The number of carbonyl (C=O) groups is 1. The van der Waals surface area contributed by atoms with Crippen LogP contribution in [0.25, 0.3) is 0 Å². The number of methoxy groups -OCH3 is 1. The topological polar surface area (TPSA) is 42.1 Å². The minimum Gasteiger partial charge on any atom is -0.464 e. The van der Waals surface area contributed by atoms with Gasteiger partial charge in [-0.3, -0.25) is 0 Å². The van der Waals surface area contributed by atoms with Gasteiger partial charge in [-0.2, -0.15) is 0 Å². The molecule has 0 unspecified atom stereocenters. The summed E-state index contributed by atoms with van der Waals surface area (Å²) in [4.78, 5) is 14.2. The van der Waals surface area contributed by atoms with Gasteiger partial charge in [-0.05, 0) is 24.5 Å². The molecule has 0 radical (unpaired) electrons. The first-order chi connectivity index (χ1) is 10.3. The zero-order valence-corrected chi connectivity index (χ0v) is 13.3. The molecule has 0 spiro atoms. The fourth-order valence-corrected chi connectivity index (χ4v) is 2.20. The highest BCUT2D eigenvalue weighted by Crippen LogP contribution is 2.09. The second-order valence-corrected chi connectivity index (χ2v) is 5.30. The van der Waals surface area contributed by atoms with Crippen LogP contribution in [0.3, 0.4) is 0 Å². The molecule has 0 atom stereocenters. The molecule has 116 valence electrons. The van der Waals surface area contributed by atoms with Crippen LogP contribution in [0.15, 0.2) is 12.1 Å². The van der Waals surface area contributed by atoms with Crippen LogP contribution in [-0.4, -0.2) is 18.1 Å². The molecule has 0 saturated heterocycles. The molecule has 0 aromatic carbocycles. The third kappa shape index (κ3) is 7.60. The Labute approximate surface area is 128 Å². The van der Waals surface area contributed by atoms with Crippen molar-refractivity contribution < 1.29 is 9.53 Å². The van der Waals surface area contributed by atoms with Gasteiger partial charge < -0.3 is 9.72 Å². The molecule has 0 aliphatic heterocycles. The Bertz CT molecular complexity index is 465. The maximum atomic E-state index is 11.3. The molecule has 1 aromatic rings. The Morgan fingerprint density at radius 2 is 1.76 bits per heavy atom. The molecule has 3 nitrogen and oxygen atoms in total. The van der Waals surface area contributed by atoms with Gasteiger partial charge in [0, 0.05) is 6.42 Å². The number of hydrogen-bond acceptors (Lipinski definition) is 2. The van der Waals surface area contributed by atoms with E-state index in [1.165, 1.54) is 52.1 Å². The van der Waals surface area contributed by atoms with Crippen LogP contribution in [-0.2, 0) is 4.74 Å². The fourth-order valence-electron chi connectivity index (χ4n) is 2.20. The Kier molecular flexibility index (Phi) is 9.11. The summed E-state index contributed by atoms with van der Waals surface area (Å²) < 4.78 is 4.64. The number of aromatic nitrogens is 1. The maximum Gasteiger partial charge on any atom is 0.354 e. The Morgan fingerprint density at radius 3 is 2.43 bits per heavy atom. The van der Waals surface area contributed by atoms with Crippen molar-refractivity contribution in [1.29, 1.82) is 0 Å². The van der Waals surface area contributed by atoms with Crippen molar-refractivity contribution in [2.45, 2.75) is 64.7 Å². The first kappa shape index (κ1) is 17.4. The number of hydrogen-bond donors (Lipinski definition) is 1. The number of unbranched alkanes of at least 4 members (excludes halogenated alkanes) is 8. The van der Waals surface area contributed by atoms with Crippen molar-refractivity contribution in [3.63, 3.8) is 0 Å². The number of rotatable bonds is 9. The van der Waals surface area contributed by atoms with E-state index < -0.39 is 0 Å². The molecule has 0 saturated carbocycles. The van der Waals surface area contributed by atoms with Gasteiger partial charge in [-0.15, -0.1) is 0 Å². The highest BCUT2D eigenvalue weighted by Gasteiger charge is 2.06. The van der Waals surface area contributed by atoms with Crippen molar-refractivity contribution in [3.8, 4) is 11.8 Å². The fraction of sp³-hybridized carbons (Fsp3) is 0.611. The largest absolute Gasteiger partial charge is 0.464 e. The predicted octanol–water partition coefficient (Wildman–Crippen LogP) is 4.68. The lowest BCUT2D eigenvalue weighted by Crippen LogP contribution is -2.00. The molecule has 3 heteroatoms. The lowest BCUT2D eigenvalue weighted by molar-refractivity contribution is 0.0595. The van der Waals surface area contributed by atoms with Crippen molar-refractivity contribution >= 4 is 5.97 Å². The number of aromatic amines is 1. The van der Waals surface area contributed by atoms with E-state index in [0.717, 1.165) is 18.5 Å². The average molecular weight is 289 g/mol. The molecule has 0 fully saturated rings. The van der Waals surface area contributed by atoms with Crippen molar-refractivity contribution in [3.05, 3.63) is 23.5 Å². The predicted molar refractivity (Wildman–Crippen MR) is 86.2 cm³/mol. The quantitative estimate of drug-likeness (QED) is 0.407. The summed E-state index contributed by atoms with van der Waals surface area (Å²) in [7, 11) is 1.37. The Balaban J connectivity index is 2.10. The highest BCUT2D eigenvalue weighted by molar-refractivity contribution is 5.87. The van der Waals surface area contributed by atoms with E-state index in [2.05, 4.69) is 28.5 Å². The number of ether oxygens (including phenoxy) is 1. The van der Waals surface area contributed by atoms with Gasteiger partial charge in [0.15, 0.2) is 0 Å². The first-order valence-corrected chi connectivity index (χ1v) is 8.04. The van der Waals surface area contributed by atoms with Crippen molar-refractivity contribution in [1.82, 2.24) is 4.98 Å². The molecule has 0 aliphatic rings. The minimum atomic E-state index is -0.355. The van der Waals surface area contributed by atoms with Gasteiger partial charge in [0.25, 0.3) is 0 Å². The van der Waals surface area contributed by atoms with E-state index in [1.54, 1.807) is 6.07 Å². The summed E-state index contributed by atoms with van der Waals surface area (Å²) in [5, 5.41) is 0. The van der Waals surface area contributed by atoms with Gasteiger partial charge in [0.1, 0.15) is 5.69 Å². The molecule has 0 amide bonds. The zero-order chi connectivity index (χ0) is 15.3. The van der Waals surface area contributed by atoms with Crippen LogP contribution in [0.1, 0.15) is 80.9 Å². The van der Waals surface area contributed by atoms with E-state index in [-0.39, 0.29) is 5.97 Å². The molecular formula is C18H27NO2. The summed E-state index contributed by atoms with van der Waals surface area (Å²) in [5.41, 5.74) is 1.23. The normalized spacial score (nSPS) is 10.0. The number of nitrogens with one attached hydrogen (secondary N) is 1. The molecule has 1 heterocycles. The molecule has 0 bridgehead atoms. The van der Waals surface area contributed by atoms with Gasteiger partial charge in [-0.1, -0.05) is 57.8 Å². The van der Waals surface area contributed by atoms with Crippen LogP contribution >= 0.6 is 0 Å². The SMILES string of the molecule is CCCCCCCCCCC#Cc1ccc(C(=O)OC)[nH]1. The van der Waals surface area contributed by atoms with Crippen LogP contribution < -0.4 is 0 Å². The lowest BCUT2D eigenvalue weighted by atomic mass is 10.1. The molecule has 21 heavy (non-hydrogen) atoms. The summed E-state index contributed by atoms with van der Waals surface area (Å²) >= 11 is 0. The van der Waals surface area contributed by atoms with E-state index in [0.29, 0.717) is 5.69 Å². The molecule has 1 rings (SSSR count). The Morgan fingerprint density at radius 1 is 1.10 bits per heavy atom. The van der Waals surface area contributed by atoms with Crippen LogP contribution in [0, 0.1) is 11.8 Å². The molecular weight excluding hydrogens is 262 g/mol. The number of H-pyrrole nitrogens is 1. The first-order valence-electron chi connectivity index (χ1n) is 8.04. The van der Waals surface area contributed by atoms with Gasteiger partial charge in [-0.25, -0.2) is 4.79 Å². The second kappa shape index (κ2) is 11.0. The van der Waals surface area contributed by atoms with Crippen molar-refractivity contribution in [2.24, 2.45) is 0 Å². The van der Waals surface area contributed by atoms with Gasteiger partial charge in [0.05, 0.1) is 12.8 Å². The highest BCUT2D eigenvalue weighted by atomic mass is 16.5. The van der Waals surface area contributed by atoms with Crippen LogP contribution in [0.2, 0.25) is 0 Å². The minimum absolute atomic E-state index is 0.355. The zero-order valence-electron chi connectivity index (χ0n) is 13.3. The monoisotopic (exact) mass is 289 g/mol. The van der Waals surface area contributed by atoms with Gasteiger partial charge >= 0.3 is 5.97 Å². The lowest BCUT2D eigenvalue weighted by Gasteiger charge is -1.99. The molecule has 1 aromatic heterocycles. The van der Waals surface area contributed by atoms with Crippen LogP contribution in [0.4, 0.5) is 0 Å². The number of esters is 1. The summed E-state index contributed by atoms with van der Waals surface area (Å²) in [6, 6.07) is 3.51. The van der Waals surface area contributed by atoms with Gasteiger partial charge in [0.2, 0.25) is 0 Å². The summed E-state index contributed by atoms with van der Waals surface area (Å²) in [6.07, 6.45) is 11.4. The second-order valence-electron chi connectivity index (χ2n) is 5.30. The smallest absolute Gasteiger partial charge is 0.354 e.